The van der Waals surface area contributed by atoms with Gasteiger partial charge in [0.15, 0.2) is 0 Å². The maximum atomic E-state index is 11.7. The van der Waals surface area contributed by atoms with Crippen LogP contribution in [0, 0.1) is 5.41 Å². The number of azide groups is 1. The van der Waals surface area contributed by atoms with Gasteiger partial charge < -0.3 is 10.1 Å². The van der Waals surface area contributed by atoms with Gasteiger partial charge in [-0.1, -0.05) is 25.9 Å². The molecule has 1 atom stereocenters. The Morgan fingerprint density at radius 1 is 1.33 bits per heavy atom. The summed E-state index contributed by atoms with van der Waals surface area (Å²) in [4.78, 5) is 14.4. The number of hydrogen-bond donors (Lipinski definition) is 1. The van der Waals surface area contributed by atoms with Gasteiger partial charge in [-0.2, -0.15) is 0 Å². The van der Waals surface area contributed by atoms with Crippen LogP contribution in [0.2, 0.25) is 0 Å². The minimum Gasteiger partial charge on any atom is -0.444 e. The third-order valence-corrected chi connectivity index (χ3v) is 2.32. The molecule has 0 aliphatic rings. The summed E-state index contributed by atoms with van der Waals surface area (Å²) >= 11 is 0. The lowest BCUT2D eigenvalue weighted by Gasteiger charge is -2.32. The number of ether oxygens (including phenoxy) is 1. The fourth-order valence-electron chi connectivity index (χ4n) is 1.40. The molecule has 6 nitrogen and oxygen atoms in total. The van der Waals surface area contributed by atoms with E-state index in [0.29, 0.717) is 13.0 Å². The molecule has 0 fully saturated rings. The monoisotopic (exact) mass is 256 g/mol. The van der Waals surface area contributed by atoms with Crippen molar-refractivity contribution < 1.29 is 9.53 Å². The van der Waals surface area contributed by atoms with Gasteiger partial charge in [0.05, 0.1) is 0 Å². The van der Waals surface area contributed by atoms with Gasteiger partial charge in [-0.05, 0) is 38.1 Å². The first-order valence-electron chi connectivity index (χ1n) is 6.06. The van der Waals surface area contributed by atoms with Crippen LogP contribution in [0.15, 0.2) is 5.11 Å². The summed E-state index contributed by atoms with van der Waals surface area (Å²) in [6.45, 7) is 11.9. The van der Waals surface area contributed by atoms with Crippen molar-refractivity contribution in [2.24, 2.45) is 10.5 Å². The van der Waals surface area contributed by atoms with E-state index in [4.69, 9.17) is 10.3 Å². The van der Waals surface area contributed by atoms with Crippen LogP contribution in [0.4, 0.5) is 4.79 Å². The van der Waals surface area contributed by atoms with E-state index in [1.807, 2.05) is 41.5 Å². The zero-order valence-electron chi connectivity index (χ0n) is 12.1. The average Bonchev–Trinajstić information content (AvgIpc) is 2.12. The molecule has 18 heavy (non-hydrogen) atoms. The van der Waals surface area contributed by atoms with Crippen molar-refractivity contribution in [3.63, 3.8) is 0 Å². The molecule has 6 heteroatoms. The lowest BCUT2D eigenvalue weighted by atomic mass is 9.85. The molecular formula is C12H24N4O2. The number of amides is 1. The number of carbonyl (C=O) groups is 1. The molecule has 0 spiro atoms. The Morgan fingerprint density at radius 3 is 2.28 bits per heavy atom. The molecule has 0 heterocycles. The van der Waals surface area contributed by atoms with Crippen LogP contribution in [-0.4, -0.2) is 24.3 Å². The van der Waals surface area contributed by atoms with Gasteiger partial charge in [-0.15, -0.1) is 0 Å². The van der Waals surface area contributed by atoms with Crippen LogP contribution in [0.25, 0.3) is 10.4 Å². The highest BCUT2D eigenvalue weighted by Gasteiger charge is 2.27. The Balaban J connectivity index is 4.50. The number of hydrogen-bond acceptors (Lipinski definition) is 3. The number of nitrogens with zero attached hydrogens (tertiary/aromatic N) is 3. The molecule has 1 amide bonds. The summed E-state index contributed by atoms with van der Waals surface area (Å²) in [5, 5.41) is 6.32. The van der Waals surface area contributed by atoms with Gasteiger partial charge in [0.1, 0.15) is 5.60 Å². The molecule has 0 radical (unpaired) electrons. The van der Waals surface area contributed by atoms with Gasteiger partial charge >= 0.3 is 6.09 Å². The summed E-state index contributed by atoms with van der Waals surface area (Å²) in [5.41, 5.74) is 7.62. The van der Waals surface area contributed by atoms with Crippen molar-refractivity contribution >= 4 is 6.09 Å². The van der Waals surface area contributed by atoms with E-state index in [2.05, 4.69) is 15.3 Å². The van der Waals surface area contributed by atoms with Crippen LogP contribution in [0.3, 0.4) is 0 Å². The van der Waals surface area contributed by atoms with Crippen molar-refractivity contribution in [2.45, 2.75) is 59.6 Å². The topological polar surface area (TPSA) is 87.1 Å². The molecule has 0 aromatic carbocycles. The van der Waals surface area contributed by atoms with Crippen molar-refractivity contribution in [2.75, 3.05) is 6.54 Å². The molecule has 1 N–H and O–H groups in total. The lowest BCUT2D eigenvalue weighted by molar-refractivity contribution is 0.0460. The van der Waals surface area contributed by atoms with E-state index >= 15 is 0 Å². The first kappa shape index (κ1) is 16.6. The summed E-state index contributed by atoms with van der Waals surface area (Å²) < 4.78 is 5.22. The number of alkyl carbamates (subject to hydrolysis) is 1. The van der Waals surface area contributed by atoms with E-state index in [-0.39, 0.29) is 11.5 Å². The maximum absolute atomic E-state index is 11.7. The standard InChI is InChI=1S/C12H24N4O2/c1-11(2,3)9(7-8-14-16-13)15-10(17)18-12(4,5)6/h9H,7-8H2,1-6H3,(H,15,17). The molecule has 0 bridgehead atoms. The van der Waals surface area contributed by atoms with Crippen LogP contribution in [-0.2, 0) is 4.74 Å². The Hall–Kier alpha value is -1.42. The first-order chi connectivity index (χ1) is 8.06. The second kappa shape index (κ2) is 6.50. The summed E-state index contributed by atoms with van der Waals surface area (Å²) in [7, 11) is 0. The molecule has 0 rings (SSSR count). The fraction of sp³-hybridized carbons (Fsp3) is 0.917. The summed E-state index contributed by atoms with van der Waals surface area (Å²) in [6, 6.07) is -0.0992. The number of carbonyl (C=O) groups excluding carboxylic acids is 1. The van der Waals surface area contributed by atoms with Crippen molar-refractivity contribution in [1.29, 1.82) is 0 Å². The second-order valence-electron chi connectivity index (χ2n) is 6.31. The molecule has 1 unspecified atom stereocenters. The average molecular weight is 256 g/mol. The minimum absolute atomic E-state index is 0.0992. The molecular weight excluding hydrogens is 232 g/mol. The predicted octanol–water partition coefficient (Wildman–Crippen LogP) is 3.63. The number of rotatable bonds is 4. The van der Waals surface area contributed by atoms with Crippen molar-refractivity contribution in [3.8, 4) is 0 Å². The van der Waals surface area contributed by atoms with Gasteiger partial charge in [-0.3, -0.25) is 0 Å². The largest absolute Gasteiger partial charge is 0.444 e. The maximum Gasteiger partial charge on any atom is 0.407 e. The third kappa shape index (κ3) is 7.79. The van der Waals surface area contributed by atoms with Crippen LogP contribution >= 0.6 is 0 Å². The Bertz CT molecular complexity index is 322. The van der Waals surface area contributed by atoms with Gasteiger partial charge in [0, 0.05) is 17.5 Å². The lowest BCUT2D eigenvalue weighted by Crippen LogP contribution is -2.46. The van der Waals surface area contributed by atoms with Crippen LogP contribution < -0.4 is 5.32 Å². The first-order valence-corrected chi connectivity index (χ1v) is 6.06. The van der Waals surface area contributed by atoms with Gasteiger partial charge in [0.25, 0.3) is 0 Å². The minimum atomic E-state index is -0.517. The van der Waals surface area contributed by atoms with Crippen LogP contribution in [0.5, 0.6) is 0 Å². The predicted molar refractivity (Wildman–Crippen MR) is 71.2 cm³/mol. The summed E-state index contributed by atoms with van der Waals surface area (Å²) in [5.74, 6) is 0. The molecule has 0 aromatic heterocycles. The molecule has 0 aliphatic carbocycles. The van der Waals surface area contributed by atoms with E-state index < -0.39 is 11.7 Å². The van der Waals surface area contributed by atoms with E-state index in [1.165, 1.54) is 0 Å². The Labute approximate surface area is 109 Å². The van der Waals surface area contributed by atoms with Crippen molar-refractivity contribution in [3.05, 3.63) is 10.4 Å². The zero-order valence-corrected chi connectivity index (χ0v) is 12.1. The quantitative estimate of drug-likeness (QED) is 0.473. The number of nitrogens with one attached hydrogen (secondary N) is 1. The van der Waals surface area contributed by atoms with Crippen molar-refractivity contribution in [1.82, 2.24) is 5.32 Å². The zero-order chi connectivity index (χ0) is 14.4. The second-order valence-corrected chi connectivity index (χ2v) is 6.31. The highest BCUT2D eigenvalue weighted by Crippen LogP contribution is 2.22. The smallest absolute Gasteiger partial charge is 0.407 e. The molecule has 0 aromatic rings. The van der Waals surface area contributed by atoms with Gasteiger partial charge in [-0.25, -0.2) is 4.79 Å². The highest BCUT2D eigenvalue weighted by molar-refractivity contribution is 5.68. The molecule has 0 saturated carbocycles. The van der Waals surface area contributed by atoms with Gasteiger partial charge in [0.2, 0.25) is 0 Å². The van der Waals surface area contributed by atoms with E-state index in [1.54, 1.807) is 0 Å². The fourth-order valence-corrected chi connectivity index (χ4v) is 1.40. The summed E-state index contributed by atoms with van der Waals surface area (Å²) in [6.07, 6.45) is 0.149. The molecule has 0 aliphatic heterocycles. The Kier molecular flexibility index (Phi) is 5.98. The highest BCUT2D eigenvalue weighted by atomic mass is 16.6. The van der Waals surface area contributed by atoms with Crippen LogP contribution in [0.1, 0.15) is 48.0 Å². The third-order valence-electron chi connectivity index (χ3n) is 2.32. The molecule has 104 valence electrons. The van der Waals surface area contributed by atoms with E-state index in [0.717, 1.165) is 0 Å². The van der Waals surface area contributed by atoms with E-state index in [9.17, 15) is 4.79 Å². The Morgan fingerprint density at radius 2 is 1.89 bits per heavy atom. The molecule has 0 saturated heterocycles. The SMILES string of the molecule is CC(C)(C)OC(=O)NC(CCN=[N+]=[N-])C(C)(C)C. The normalized spacial score (nSPS) is 13.4.